The molecule has 1 aliphatic carbocycles. The molecule has 2 fully saturated rings. The quantitative estimate of drug-likeness (QED) is 0.861. The molecule has 0 aromatic heterocycles. The van der Waals surface area contributed by atoms with Crippen LogP contribution in [0.3, 0.4) is 0 Å². The van der Waals surface area contributed by atoms with E-state index in [1.165, 1.54) is 4.31 Å². The molecule has 3 rings (SSSR count). The molecule has 7 heteroatoms. The normalized spacial score (nSPS) is 28.1. The number of nitrogens with zero attached hydrogens (tertiary/aromatic N) is 2. The Bertz CT molecular complexity index is 726. The number of amides is 1. The molecule has 2 aliphatic rings. The lowest BCUT2D eigenvalue weighted by Crippen LogP contribution is -2.57. The Morgan fingerprint density at radius 2 is 1.81 bits per heavy atom. The summed E-state index contributed by atoms with van der Waals surface area (Å²) in [7, 11) is -3.36. The van der Waals surface area contributed by atoms with E-state index in [1.807, 2.05) is 37.3 Å². The van der Waals surface area contributed by atoms with Gasteiger partial charge in [-0.25, -0.2) is 8.42 Å². The zero-order chi connectivity index (χ0) is 18.8. The summed E-state index contributed by atoms with van der Waals surface area (Å²) in [6, 6.07) is 9.20. The number of benzene rings is 1. The first kappa shape index (κ1) is 19.3. The third-order valence-electron chi connectivity index (χ3n) is 5.69. The van der Waals surface area contributed by atoms with E-state index in [-0.39, 0.29) is 17.6 Å². The number of carbonyl (C=O) groups is 1. The van der Waals surface area contributed by atoms with E-state index in [9.17, 15) is 13.2 Å². The summed E-state index contributed by atoms with van der Waals surface area (Å²) >= 11 is 0. The van der Waals surface area contributed by atoms with Gasteiger partial charge in [0, 0.05) is 31.7 Å². The highest BCUT2D eigenvalue weighted by Gasteiger charge is 2.41. The molecule has 0 bridgehead atoms. The van der Waals surface area contributed by atoms with Gasteiger partial charge in [0.1, 0.15) is 0 Å². The third-order valence-corrected chi connectivity index (χ3v) is 7.54. The maximum absolute atomic E-state index is 12.9. The van der Waals surface area contributed by atoms with Gasteiger partial charge in [0.25, 0.3) is 0 Å². The summed E-state index contributed by atoms with van der Waals surface area (Å²) in [5.74, 6) is -0.0517. The Balaban J connectivity index is 1.59. The molecule has 0 spiro atoms. The fourth-order valence-electron chi connectivity index (χ4n) is 4.05. The molecular formula is C19H29N3O3S. The first-order valence-electron chi connectivity index (χ1n) is 9.39. The predicted octanol–water partition coefficient (Wildman–Crippen LogP) is 1.57. The number of sulfonamides is 1. The number of rotatable bonds is 4. The van der Waals surface area contributed by atoms with Crippen molar-refractivity contribution in [3.8, 4) is 0 Å². The molecule has 144 valence electrons. The van der Waals surface area contributed by atoms with Crippen LogP contribution in [0, 0.1) is 5.92 Å². The fourth-order valence-corrected chi connectivity index (χ4v) is 5.56. The van der Waals surface area contributed by atoms with Gasteiger partial charge in [0.05, 0.1) is 11.7 Å². The van der Waals surface area contributed by atoms with Crippen LogP contribution in [0.5, 0.6) is 0 Å². The molecule has 26 heavy (non-hydrogen) atoms. The van der Waals surface area contributed by atoms with Gasteiger partial charge in [0.2, 0.25) is 15.9 Å². The highest BCUT2D eigenvalue weighted by molar-refractivity contribution is 7.88. The van der Waals surface area contributed by atoms with Crippen molar-refractivity contribution >= 4 is 15.9 Å². The topological polar surface area (TPSA) is 83.7 Å². The van der Waals surface area contributed by atoms with Gasteiger partial charge in [-0.3, -0.25) is 4.79 Å². The van der Waals surface area contributed by atoms with Gasteiger partial charge in [-0.05, 0) is 25.3 Å². The van der Waals surface area contributed by atoms with Crippen molar-refractivity contribution < 1.29 is 13.2 Å². The minimum Gasteiger partial charge on any atom is -0.340 e. The summed E-state index contributed by atoms with van der Waals surface area (Å²) < 4.78 is 26.8. The second-order valence-corrected chi connectivity index (χ2v) is 9.74. The van der Waals surface area contributed by atoms with Gasteiger partial charge in [0.15, 0.2) is 0 Å². The van der Waals surface area contributed by atoms with Crippen LogP contribution in [0.4, 0.5) is 0 Å². The van der Waals surface area contributed by atoms with Crippen molar-refractivity contribution in [1.29, 1.82) is 0 Å². The van der Waals surface area contributed by atoms with Crippen LogP contribution in [0.25, 0.3) is 0 Å². The minimum absolute atomic E-state index is 0.00524. The standard InChI is InChI=1S/C19H29N3O3S/c1-19(20)10-6-5-9-17(19)18(23)21-11-13-22(14-12-21)26(24,25)15-16-7-3-2-4-8-16/h2-4,7-8,17H,5-6,9-15,20H2,1H3. The Hall–Kier alpha value is -1.44. The zero-order valence-corrected chi connectivity index (χ0v) is 16.2. The first-order valence-corrected chi connectivity index (χ1v) is 11.0. The van der Waals surface area contributed by atoms with Crippen LogP contribution in [0.15, 0.2) is 30.3 Å². The van der Waals surface area contributed by atoms with E-state index in [0.717, 1.165) is 31.2 Å². The van der Waals surface area contributed by atoms with Crippen molar-refractivity contribution in [1.82, 2.24) is 9.21 Å². The minimum atomic E-state index is -3.36. The maximum Gasteiger partial charge on any atom is 0.227 e. The molecule has 0 radical (unpaired) electrons. The molecule has 1 aliphatic heterocycles. The fraction of sp³-hybridized carbons (Fsp3) is 0.632. The van der Waals surface area contributed by atoms with E-state index >= 15 is 0 Å². The molecule has 1 saturated carbocycles. The van der Waals surface area contributed by atoms with Crippen LogP contribution in [-0.4, -0.2) is 55.2 Å². The average molecular weight is 380 g/mol. The summed E-state index contributed by atoms with van der Waals surface area (Å²) in [4.78, 5) is 14.7. The molecule has 1 aromatic carbocycles. The van der Waals surface area contributed by atoms with Crippen LogP contribution in [0.2, 0.25) is 0 Å². The number of hydrogen-bond acceptors (Lipinski definition) is 4. The molecule has 2 unspecified atom stereocenters. The molecule has 1 saturated heterocycles. The number of piperazine rings is 1. The lowest BCUT2D eigenvalue weighted by Gasteiger charge is -2.42. The molecule has 6 nitrogen and oxygen atoms in total. The molecule has 1 aromatic rings. The van der Waals surface area contributed by atoms with Crippen LogP contribution in [-0.2, 0) is 20.6 Å². The highest BCUT2D eigenvalue weighted by atomic mass is 32.2. The Morgan fingerprint density at radius 3 is 2.42 bits per heavy atom. The van der Waals surface area contributed by atoms with Gasteiger partial charge >= 0.3 is 0 Å². The van der Waals surface area contributed by atoms with Gasteiger partial charge in [-0.2, -0.15) is 4.31 Å². The SMILES string of the molecule is CC1(N)CCCCC1C(=O)N1CCN(S(=O)(=O)Cc2ccccc2)CC1. The van der Waals surface area contributed by atoms with E-state index < -0.39 is 15.6 Å². The molecule has 1 amide bonds. The third kappa shape index (κ3) is 4.27. The molecule has 1 heterocycles. The van der Waals surface area contributed by atoms with Crippen LogP contribution < -0.4 is 5.73 Å². The maximum atomic E-state index is 12.9. The average Bonchev–Trinajstić information content (AvgIpc) is 2.61. The second-order valence-electron chi connectivity index (χ2n) is 7.77. The smallest absolute Gasteiger partial charge is 0.227 e. The van der Waals surface area contributed by atoms with Crippen molar-refractivity contribution in [3.63, 3.8) is 0 Å². The predicted molar refractivity (Wildman–Crippen MR) is 102 cm³/mol. The van der Waals surface area contributed by atoms with E-state index in [4.69, 9.17) is 5.73 Å². The van der Waals surface area contributed by atoms with Crippen molar-refractivity contribution in [2.45, 2.75) is 43.9 Å². The lowest BCUT2D eigenvalue weighted by molar-refractivity contribution is -0.140. The molecule has 2 atom stereocenters. The van der Waals surface area contributed by atoms with E-state index in [0.29, 0.717) is 26.2 Å². The largest absolute Gasteiger partial charge is 0.340 e. The summed E-state index contributed by atoms with van der Waals surface area (Å²) in [5.41, 5.74) is 6.69. The van der Waals surface area contributed by atoms with E-state index in [1.54, 1.807) is 4.90 Å². The molecule has 2 N–H and O–H groups in total. The number of nitrogens with two attached hydrogens (primary N) is 1. The van der Waals surface area contributed by atoms with Gasteiger partial charge in [-0.15, -0.1) is 0 Å². The monoisotopic (exact) mass is 379 g/mol. The Morgan fingerprint density at radius 1 is 1.15 bits per heavy atom. The van der Waals surface area contributed by atoms with Crippen molar-refractivity contribution in [2.24, 2.45) is 11.7 Å². The lowest BCUT2D eigenvalue weighted by atomic mass is 9.74. The summed E-state index contributed by atoms with van der Waals surface area (Å²) in [5, 5.41) is 0. The second kappa shape index (κ2) is 7.66. The van der Waals surface area contributed by atoms with Crippen molar-refractivity contribution in [3.05, 3.63) is 35.9 Å². The Labute approximate surface area is 156 Å². The van der Waals surface area contributed by atoms with Crippen LogP contribution >= 0.6 is 0 Å². The summed E-state index contributed by atoms with van der Waals surface area (Å²) in [6.45, 7) is 3.57. The van der Waals surface area contributed by atoms with Gasteiger partial charge < -0.3 is 10.6 Å². The molecular weight excluding hydrogens is 350 g/mol. The van der Waals surface area contributed by atoms with Crippen molar-refractivity contribution in [2.75, 3.05) is 26.2 Å². The summed E-state index contributed by atoms with van der Waals surface area (Å²) in [6.07, 6.45) is 3.81. The van der Waals surface area contributed by atoms with Crippen LogP contribution in [0.1, 0.15) is 38.2 Å². The van der Waals surface area contributed by atoms with Gasteiger partial charge in [-0.1, -0.05) is 43.2 Å². The Kier molecular flexibility index (Phi) is 5.69. The zero-order valence-electron chi connectivity index (χ0n) is 15.4. The van der Waals surface area contributed by atoms with E-state index in [2.05, 4.69) is 0 Å². The number of hydrogen-bond donors (Lipinski definition) is 1. The first-order chi connectivity index (χ1) is 12.3. The highest BCUT2D eigenvalue weighted by Crippen LogP contribution is 2.33. The number of carbonyl (C=O) groups excluding carboxylic acids is 1.